The minimum atomic E-state index is 0.425. The van der Waals surface area contributed by atoms with Crippen molar-refractivity contribution in [3.05, 3.63) is 22.8 Å². The largest absolute Gasteiger partial charge is 0.339 e. The monoisotopic (exact) mass is 349 g/mol. The van der Waals surface area contributed by atoms with Gasteiger partial charge in [-0.15, -0.1) is 5.10 Å². The second-order valence-corrected chi connectivity index (χ2v) is 7.28. The Hall–Kier alpha value is -1.14. The van der Waals surface area contributed by atoms with E-state index in [9.17, 15) is 0 Å². The molecule has 2 aliphatic heterocycles. The third-order valence-electron chi connectivity index (χ3n) is 4.79. The van der Waals surface area contributed by atoms with Crippen LogP contribution in [0.2, 0.25) is 0 Å². The smallest absolute Gasteiger partial charge is 0.245 e. The van der Waals surface area contributed by atoms with Gasteiger partial charge in [0.05, 0.1) is 0 Å². The van der Waals surface area contributed by atoms with Gasteiger partial charge in [0.25, 0.3) is 0 Å². The number of piperidine rings is 2. The molecular weight excluding hydrogens is 330 g/mol. The van der Waals surface area contributed by atoms with E-state index in [0.717, 1.165) is 35.7 Å². The number of hydrogen-bond acceptors (Lipinski definition) is 4. The summed E-state index contributed by atoms with van der Waals surface area (Å²) in [6, 6.07) is 4.01. The maximum absolute atomic E-state index is 4.69. The van der Waals surface area contributed by atoms with Crippen LogP contribution in [0.1, 0.15) is 25.7 Å². The fourth-order valence-corrected chi connectivity index (χ4v) is 4.06. The molecule has 0 amide bonds. The van der Waals surface area contributed by atoms with Crippen molar-refractivity contribution >= 4 is 27.5 Å². The van der Waals surface area contributed by atoms with Crippen molar-refractivity contribution < 1.29 is 0 Å². The van der Waals surface area contributed by atoms with E-state index in [2.05, 4.69) is 31.2 Å². The first kappa shape index (κ1) is 13.5. The highest BCUT2D eigenvalue weighted by atomic mass is 79.9. The van der Waals surface area contributed by atoms with Crippen LogP contribution in [0.15, 0.2) is 22.8 Å². The number of rotatable bonds is 1. The summed E-state index contributed by atoms with van der Waals surface area (Å²) in [5, 5.41) is 8.23. The Bertz CT molecular complexity index is 641. The molecule has 1 spiro atoms. The van der Waals surface area contributed by atoms with Crippen LogP contribution in [0, 0.1) is 5.41 Å². The molecule has 4 heterocycles. The van der Waals surface area contributed by atoms with Crippen molar-refractivity contribution in [2.45, 2.75) is 25.7 Å². The molecule has 112 valence electrons. The van der Waals surface area contributed by atoms with E-state index >= 15 is 0 Å². The standard InChI is InChI=1S/C15H20BrN5/c16-12-3-4-13-18-14(19-21(13)9-12)20-8-2-6-15(11-20)5-1-7-17-10-15/h3-4,9,17H,1-2,5-8,10-11H2. The Labute approximate surface area is 132 Å². The third-order valence-corrected chi connectivity index (χ3v) is 5.26. The summed E-state index contributed by atoms with van der Waals surface area (Å²) in [5.41, 5.74) is 1.34. The Kier molecular flexibility index (Phi) is 3.38. The van der Waals surface area contributed by atoms with Crippen LogP contribution in [0.4, 0.5) is 5.95 Å². The number of anilines is 1. The second kappa shape index (κ2) is 5.25. The van der Waals surface area contributed by atoms with E-state index in [1.807, 2.05) is 22.8 Å². The van der Waals surface area contributed by atoms with Crippen molar-refractivity contribution in [1.82, 2.24) is 19.9 Å². The molecule has 0 aliphatic carbocycles. The molecular formula is C15H20BrN5. The fourth-order valence-electron chi connectivity index (χ4n) is 3.74. The predicted molar refractivity (Wildman–Crippen MR) is 86.7 cm³/mol. The first-order valence-corrected chi connectivity index (χ1v) is 8.51. The zero-order valence-electron chi connectivity index (χ0n) is 12.1. The molecule has 0 radical (unpaired) electrons. The first-order chi connectivity index (χ1) is 10.2. The SMILES string of the molecule is Brc1ccc2nc(N3CCCC4(CCCNC4)C3)nn2c1. The lowest BCUT2D eigenvalue weighted by atomic mass is 9.74. The minimum Gasteiger partial charge on any atom is -0.339 e. The molecule has 21 heavy (non-hydrogen) atoms. The molecule has 1 N–H and O–H groups in total. The summed E-state index contributed by atoms with van der Waals surface area (Å²) in [7, 11) is 0. The van der Waals surface area contributed by atoms with Crippen molar-refractivity contribution in [3.63, 3.8) is 0 Å². The van der Waals surface area contributed by atoms with Gasteiger partial charge in [-0.2, -0.15) is 4.98 Å². The summed E-state index contributed by atoms with van der Waals surface area (Å²) < 4.78 is 2.89. The predicted octanol–water partition coefficient (Wildman–Crippen LogP) is 2.46. The third kappa shape index (κ3) is 2.55. The van der Waals surface area contributed by atoms with E-state index in [0.29, 0.717) is 5.41 Å². The molecule has 1 atom stereocenters. The number of fused-ring (bicyclic) bond motifs is 1. The lowest BCUT2D eigenvalue weighted by Gasteiger charge is -2.45. The Morgan fingerprint density at radius 1 is 1.24 bits per heavy atom. The van der Waals surface area contributed by atoms with Crippen LogP contribution in [0.25, 0.3) is 5.65 Å². The molecule has 2 saturated heterocycles. The molecule has 1 unspecified atom stereocenters. The van der Waals surface area contributed by atoms with Gasteiger partial charge in [0.2, 0.25) is 5.95 Å². The van der Waals surface area contributed by atoms with E-state index in [4.69, 9.17) is 4.98 Å². The number of nitrogens with one attached hydrogen (secondary N) is 1. The minimum absolute atomic E-state index is 0.425. The first-order valence-electron chi connectivity index (χ1n) is 7.72. The van der Waals surface area contributed by atoms with Crippen LogP contribution in [-0.2, 0) is 0 Å². The molecule has 2 aliphatic rings. The average Bonchev–Trinajstić information content (AvgIpc) is 2.91. The van der Waals surface area contributed by atoms with Crippen molar-refractivity contribution in [2.24, 2.45) is 5.41 Å². The fraction of sp³-hybridized carbons (Fsp3) is 0.600. The van der Waals surface area contributed by atoms with E-state index < -0.39 is 0 Å². The highest BCUT2D eigenvalue weighted by Gasteiger charge is 2.37. The Balaban J connectivity index is 1.61. The second-order valence-electron chi connectivity index (χ2n) is 6.37. The number of pyridine rings is 1. The zero-order valence-corrected chi connectivity index (χ0v) is 13.6. The molecule has 5 nitrogen and oxygen atoms in total. The van der Waals surface area contributed by atoms with Gasteiger partial charge in [0.15, 0.2) is 5.65 Å². The van der Waals surface area contributed by atoms with Gasteiger partial charge < -0.3 is 10.2 Å². The number of nitrogens with zero attached hydrogens (tertiary/aromatic N) is 4. The number of hydrogen-bond donors (Lipinski definition) is 1. The summed E-state index contributed by atoms with van der Waals surface area (Å²) in [5.74, 6) is 0.873. The van der Waals surface area contributed by atoms with E-state index in [1.54, 1.807) is 0 Å². The van der Waals surface area contributed by atoms with E-state index in [1.165, 1.54) is 32.2 Å². The molecule has 0 bridgehead atoms. The van der Waals surface area contributed by atoms with Gasteiger partial charge in [0, 0.05) is 35.7 Å². The van der Waals surface area contributed by atoms with E-state index in [-0.39, 0.29) is 0 Å². The highest BCUT2D eigenvalue weighted by Crippen LogP contribution is 2.36. The van der Waals surface area contributed by atoms with Crippen LogP contribution >= 0.6 is 15.9 Å². The molecule has 4 rings (SSSR count). The van der Waals surface area contributed by atoms with Gasteiger partial charge in [-0.1, -0.05) is 0 Å². The lowest BCUT2D eigenvalue weighted by Crippen LogP contribution is -2.51. The summed E-state index contributed by atoms with van der Waals surface area (Å²) in [6.07, 6.45) is 7.15. The summed E-state index contributed by atoms with van der Waals surface area (Å²) >= 11 is 3.48. The van der Waals surface area contributed by atoms with Crippen LogP contribution in [0.3, 0.4) is 0 Å². The summed E-state index contributed by atoms with van der Waals surface area (Å²) in [4.78, 5) is 7.06. The van der Waals surface area contributed by atoms with Crippen molar-refractivity contribution in [3.8, 4) is 0 Å². The van der Waals surface area contributed by atoms with Crippen LogP contribution in [-0.4, -0.2) is 40.8 Å². The quantitative estimate of drug-likeness (QED) is 0.858. The lowest BCUT2D eigenvalue weighted by molar-refractivity contribution is 0.172. The molecule has 2 fully saturated rings. The topological polar surface area (TPSA) is 45.5 Å². The molecule has 0 saturated carbocycles. The zero-order chi connectivity index (χ0) is 14.3. The maximum Gasteiger partial charge on any atom is 0.245 e. The maximum atomic E-state index is 4.69. The van der Waals surface area contributed by atoms with Gasteiger partial charge >= 0.3 is 0 Å². The van der Waals surface area contributed by atoms with Gasteiger partial charge in [0.1, 0.15) is 0 Å². The van der Waals surface area contributed by atoms with Gasteiger partial charge in [-0.25, -0.2) is 4.52 Å². The molecule has 2 aromatic rings. The Morgan fingerprint density at radius 3 is 3.00 bits per heavy atom. The van der Waals surface area contributed by atoms with Crippen LogP contribution < -0.4 is 10.2 Å². The molecule has 6 heteroatoms. The Morgan fingerprint density at radius 2 is 2.14 bits per heavy atom. The van der Waals surface area contributed by atoms with Crippen molar-refractivity contribution in [1.29, 1.82) is 0 Å². The number of aromatic nitrogens is 3. The van der Waals surface area contributed by atoms with Crippen molar-refractivity contribution in [2.75, 3.05) is 31.1 Å². The molecule has 0 aromatic carbocycles. The number of halogens is 1. The molecule has 2 aromatic heterocycles. The van der Waals surface area contributed by atoms with Gasteiger partial charge in [-0.05, 0) is 60.3 Å². The average molecular weight is 350 g/mol. The van der Waals surface area contributed by atoms with Crippen LogP contribution in [0.5, 0.6) is 0 Å². The highest BCUT2D eigenvalue weighted by molar-refractivity contribution is 9.10. The van der Waals surface area contributed by atoms with Gasteiger partial charge in [-0.3, -0.25) is 0 Å². The summed E-state index contributed by atoms with van der Waals surface area (Å²) in [6.45, 7) is 4.46. The normalized spacial score (nSPS) is 26.6.